The Morgan fingerprint density at radius 2 is 1.43 bits per heavy atom. The lowest BCUT2D eigenvalue weighted by molar-refractivity contribution is -0.173. The van der Waals surface area contributed by atoms with Gasteiger partial charge in [-0.1, -0.05) is 6.92 Å². The lowest BCUT2D eigenvalue weighted by atomic mass is 9.99. The van der Waals surface area contributed by atoms with Crippen molar-refractivity contribution >= 4 is 28.1 Å². The summed E-state index contributed by atoms with van der Waals surface area (Å²) in [4.78, 5) is 24.6. The van der Waals surface area contributed by atoms with Crippen LogP contribution >= 0.6 is 0 Å². The Bertz CT molecular complexity index is 1370. The highest BCUT2D eigenvalue weighted by Gasteiger charge is 2.44. The Morgan fingerprint density at radius 3 is 1.92 bits per heavy atom. The monoisotopic (exact) mass is 541 g/mol. The summed E-state index contributed by atoms with van der Waals surface area (Å²) in [6.07, 6.45) is -15.0. The minimum atomic E-state index is -5.51. The third-order valence-corrected chi connectivity index (χ3v) is 5.75. The summed E-state index contributed by atoms with van der Waals surface area (Å²) in [5.41, 5.74) is -5.44. The zero-order valence-electron chi connectivity index (χ0n) is 18.7. The van der Waals surface area contributed by atoms with Crippen LogP contribution in [0.15, 0.2) is 51.7 Å². The van der Waals surface area contributed by atoms with Crippen molar-refractivity contribution in [1.82, 2.24) is 0 Å². The molecule has 0 bridgehead atoms. The Balaban J connectivity index is 2.21. The first kappa shape index (κ1) is 27.9. The Hall–Kier alpha value is -3.71. The van der Waals surface area contributed by atoms with Gasteiger partial charge in [-0.3, -0.25) is 4.79 Å². The smallest absolute Gasteiger partial charge is 0.455 e. The van der Waals surface area contributed by atoms with Crippen molar-refractivity contribution in [1.29, 1.82) is 0 Å². The van der Waals surface area contributed by atoms with Crippen LogP contribution in [0.5, 0.6) is 5.75 Å². The topological polar surface area (TPSA) is 70.8 Å². The van der Waals surface area contributed by atoms with E-state index in [-0.39, 0.29) is 11.4 Å². The summed E-state index contributed by atoms with van der Waals surface area (Å²) >= 11 is 0. The van der Waals surface area contributed by atoms with Gasteiger partial charge in [-0.05, 0) is 43.3 Å². The molecule has 0 aliphatic carbocycles. The van der Waals surface area contributed by atoms with Crippen LogP contribution in [0, 0.1) is 5.92 Å². The molecule has 3 rings (SSSR count). The maximum Gasteiger partial charge on any atom is 0.455 e. The van der Waals surface area contributed by atoms with Gasteiger partial charge in [0.15, 0.2) is 5.56 Å². The third kappa shape index (κ3) is 5.52. The van der Waals surface area contributed by atoms with E-state index in [0.717, 1.165) is 49.1 Å². The molecule has 2 atom stereocenters. The quantitative estimate of drug-likeness (QED) is 0.214. The van der Waals surface area contributed by atoms with Crippen molar-refractivity contribution in [3.05, 3.63) is 64.0 Å². The average molecular weight is 541 g/mol. The predicted molar refractivity (Wildman–Crippen MR) is 113 cm³/mol. The van der Waals surface area contributed by atoms with Crippen LogP contribution in [-0.4, -0.2) is 29.3 Å². The highest BCUT2D eigenvalue weighted by atomic mass is 19.4. The van der Waals surface area contributed by atoms with Crippen LogP contribution in [0.2, 0.25) is 0 Å². The fourth-order valence-corrected chi connectivity index (χ4v) is 3.59. The number of ketones is 1. The van der Waals surface area contributed by atoms with Gasteiger partial charge in [0.2, 0.25) is 0 Å². The summed E-state index contributed by atoms with van der Waals surface area (Å²) < 4.78 is 123. The van der Waals surface area contributed by atoms with Crippen LogP contribution in [0.25, 0.3) is 11.0 Å². The molecule has 1 N–H and O–H groups in total. The van der Waals surface area contributed by atoms with Crippen molar-refractivity contribution in [3.8, 4) is 5.75 Å². The molecule has 0 aliphatic rings. The number of benzene rings is 2. The Labute approximate surface area is 201 Å². The number of hydrogen-bond acceptors (Lipinski definition) is 5. The zero-order valence-corrected chi connectivity index (χ0v) is 18.7. The van der Waals surface area contributed by atoms with Crippen molar-refractivity contribution in [2.75, 3.05) is 4.90 Å². The van der Waals surface area contributed by atoms with Gasteiger partial charge in [0.05, 0.1) is 16.9 Å². The predicted octanol–water partition coefficient (Wildman–Crippen LogP) is 6.99. The summed E-state index contributed by atoms with van der Waals surface area (Å²) in [5.74, 6) is -6.04. The van der Waals surface area contributed by atoms with Gasteiger partial charge in [-0.2, -0.15) is 39.5 Å². The summed E-state index contributed by atoms with van der Waals surface area (Å²) in [6.45, 7) is 1.97. The Morgan fingerprint density at radius 1 is 0.892 bits per heavy atom. The molecule has 2 aromatic carbocycles. The molecule has 1 aromatic heterocycles. The molecule has 1 unspecified atom stereocenters. The molecule has 0 fully saturated rings. The molecule has 3 aromatic rings. The summed E-state index contributed by atoms with van der Waals surface area (Å²) in [7, 11) is 0. The largest absolute Gasteiger partial charge is 0.506 e. The fourth-order valence-electron chi connectivity index (χ4n) is 3.59. The molecule has 0 radical (unpaired) electrons. The molecule has 0 aliphatic heterocycles. The highest BCUT2D eigenvalue weighted by molar-refractivity contribution is 6.06. The highest BCUT2D eigenvalue weighted by Crippen LogP contribution is 2.40. The zero-order chi connectivity index (χ0) is 28.1. The molecule has 0 saturated carbocycles. The summed E-state index contributed by atoms with van der Waals surface area (Å²) in [5, 5.41) is 9.64. The minimum absolute atomic E-state index is 0.119. The number of Topliss-reactive ketones (excluding diaryl/α,β-unsaturated/α-hetero) is 1. The van der Waals surface area contributed by atoms with Gasteiger partial charge >= 0.3 is 24.2 Å². The number of rotatable bonds is 5. The van der Waals surface area contributed by atoms with E-state index in [0.29, 0.717) is 12.1 Å². The van der Waals surface area contributed by atoms with E-state index in [9.17, 15) is 54.2 Å². The average Bonchev–Trinajstić information content (AvgIpc) is 2.77. The number of anilines is 2. The maximum absolute atomic E-state index is 13.5. The number of halogens is 9. The number of carbonyl (C=O) groups excluding carboxylic acids is 1. The lowest BCUT2D eigenvalue weighted by Crippen LogP contribution is -2.40. The molecular formula is C23H16F9NO4. The van der Waals surface area contributed by atoms with Gasteiger partial charge in [0, 0.05) is 23.5 Å². The first-order valence-corrected chi connectivity index (χ1v) is 10.3. The number of carbonyl (C=O) groups is 1. The van der Waals surface area contributed by atoms with Crippen LogP contribution < -0.4 is 10.5 Å². The number of alkyl halides is 9. The molecule has 14 heteroatoms. The van der Waals surface area contributed by atoms with Crippen LogP contribution in [0.4, 0.5) is 50.9 Å². The van der Waals surface area contributed by atoms with Gasteiger partial charge in [-0.25, -0.2) is 4.79 Å². The standard InChI is InChI=1S/C23H16F9NO4/c1-10(21(24,25)26)11(2)33(13-5-3-12(4-6-13)22(27,28)29)14-7-8-15-16(9-14)37-20(36)17(18(15)34)19(35)23(30,31)32/h3-11,34H,1-2H3/t10-,11?/m1/s1. The third-order valence-electron chi connectivity index (χ3n) is 5.75. The van der Waals surface area contributed by atoms with E-state index in [1.165, 1.54) is 0 Å². The van der Waals surface area contributed by atoms with Gasteiger partial charge in [-0.15, -0.1) is 0 Å². The van der Waals surface area contributed by atoms with Crippen molar-refractivity contribution in [2.45, 2.75) is 38.4 Å². The maximum atomic E-state index is 13.5. The first-order valence-electron chi connectivity index (χ1n) is 10.3. The van der Waals surface area contributed by atoms with Crippen molar-refractivity contribution in [2.24, 2.45) is 5.92 Å². The van der Waals surface area contributed by atoms with Crippen LogP contribution in [0.3, 0.4) is 0 Å². The normalized spacial score (nSPS) is 14.5. The molecule has 0 saturated heterocycles. The van der Waals surface area contributed by atoms with E-state index in [4.69, 9.17) is 4.42 Å². The van der Waals surface area contributed by atoms with Crippen LogP contribution in [-0.2, 0) is 6.18 Å². The number of nitrogens with zero attached hydrogens (tertiary/aromatic N) is 1. The minimum Gasteiger partial charge on any atom is -0.506 e. The first-order chi connectivity index (χ1) is 16.8. The Kier molecular flexibility index (Phi) is 7.01. The molecule has 1 heterocycles. The second-order valence-electron chi connectivity index (χ2n) is 8.11. The molecule has 37 heavy (non-hydrogen) atoms. The number of fused-ring (bicyclic) bond motifs is 1. The van der Waals surface area contributed by atoms with E-state index < -0.39 is 69.7 Å². The van der Waals surface area contributed by atoms with Crippen molar-refractivity contribution < 1.29 is 53.8 Å². The van der Waals surface area contributed by atoms with Crippen LogP contribution in [0.1, 0.15) is 29.8 Å². The van der Waals surface area contributed by atoms with E-state index >= 15 is 0 Å². The molecular weight excluding hydrogens is 525 g/mol. The second-order valence-corrected chi connectivity index (χ2v) is 8.11. The lowest BCUT2D eigenvalue weighted by Gasteiger charge is -2.36. The summed E-state index contributed by atoms with van der Waals surface area (Å²) in [6, 6.07) is 4.55. The van der Waals surface area contributed by atoms with Gasteiger partial charge in [0.1, 0.15) is 11.3 Å². The molecule has 0 spiro atoms. The van der Waals surface area contributed by atoms with Gasteiger partial charge in [0.25, 0.3) is 5.78 Å². The molecule has 200 valence electrons. The SMILES string of the molecule is CC([C@@H](C)C(F)(F)F)N(c1ccc(C(F)(F)F)cc1)c1ccc2c(O)c(C(=O)C(F)(F)F)c(=O)oc2c1. The fraction of sp³-hybridized carbons (Fsp3) is 0.304. The molecule has 5 nitrogen and oxygen atoms in total. The number of aromatic hydroxyl groups is 1. The molecule has 0 amide bonds. The van der Waals surface area contributed by atoms with E-state index in [1.54, 1.807) is 0 Å². The number of hydrogen-bond donors (Lipinski definition) is 1. The van der Waals surface area contributed by atoms with Crippen molar-refractivity contribution in [3.63, 3.8) is 0 Å². The van der Waals surface area contributed by atoms with Gasteiger partial charge < -0.3 is 14.4 Å². The van der Waals surface area contributed by atoms with E-state index in [2.05, 4.69) is 0 Å². The van der Waals surface area contributed by atoms with E-state index in [1.807, 2.05) is 0 Å². The second kappa shape index (κ2) is 9.30.